The summed E-state index contributed by atoms with van der Waals surface area (Å²) < 4.78 is 5.41. The number of hydrogen-bond acceptors (Lipinski definition) is 3. The summed E-state index contributed by atoms with van der Waals surface area (Å²) in [6.07, 6.45) is 6.45. The second-order valence-corrected chi connectivity index (χ2v) is 4.95. The summed E-state index contributed by atoms with van der Waals surface area (Å²) in [5.74, 6) is -0.0360. The molecule has 3 heteroatoms. The van der Waals surface area contributed by atoms with Crippen molar-refractivity contribution in [1.29, 1.82) is 0 Å². The Morgan fingerprint density at radius 2 is 1.67 bits per heavy atom. The highest BCUT2D eigenvalue weighted by Crippen LogP contribution is 2.07. The van der Waals surface area contributed by atoms with Gasteiger partial charge in [0.25, 0.3) is 0 Å². The Bertz CT molecular complexity index is 203. The number of carbonyl (C=O) groups excluding carboxylic acids is 1. The van der Waals surface area contributed by atoms with Crippen molar-refractivity contribution in [3.05, 3.63) is 0 Å². The molecule has 0 amide bonds. The second-order valence-electron chi connectivity index (χ2n) is 4.95. The number of rotatable bonds is 11. The first-order chi connectivity index (χ1) is 8.63. The van der Waals surface area contributed by atoms with E-state index in [2.05, 4.69) is 25.7 Å². The number of ether oxygens (including phenoxy) is 1. The Hall–Kier alpha value is -0.570. The zero-order valence-electron chi connectivity index (χ0n) is 12.7. The Labute approximate surface area is 113 Å². The first-order valence-electron chi connectivity index (χ1n) is 7.55. The highest BCUT2D eigenvalue weighted by Gasteiger charge is 2.11. The second kappa shape index (κ2) is 11.5. The van der Waals surface area contributed by atoms with Crippen molar-refractivity contribution in [3.8, 4) is 0 Å². The highest BCUT2D eigenvalue weighted by atomic mass is 16.5. The van der Waals surface area contributed by atoms with Crippen LogP contribution in [0.4, 0.5) is 0 Å². The molecule has 3 nitrogen and oxygen atoms in total. The van der Waals surface area contributed by atoms with Crippen LogP contribution in [0.2, 0.25) is 0 Å². The fourth-order valence-electron chi connectivity index (χ4n) is 2.04. The van der Waals surface area contributed by atoms with Crippen LogP contribution < -0.4 is 0 Å². The molecule has 0 radical (unpaired) electrons. The van der Waals surface area contributed by atoms with Gasteiger partial charge in [0.15, 0.2) is 0 Å². The average molecular weight is 257 g/mol. The van der Waals surface area contributed by atoms with Crippen LogP contribution in [0.3, 0.4) is 0 Å². The molecule has 0 bridgehead atoms. The summed E-state index contributed by atoms with van der Waals surface area (Å²) in [6, 6.07) is 0. The molecule has 0 aromatic heterocycles. The van der Waals surface area contributed by atoms with E-state index >= 15 is 0 Å². The summed E-state index contributed by atoms with van der Waals surface area (Å²) in [4.78, 5) is 13.9. The smallest absolute Gasteiger partial charge is 0.306 e. The molecule has 0 aromatic rings. The van der Waals surface area contributed by atoms with Gasteiger partial charge in [-0.3, -0.25) is 4.79 Å². The fourth-order valence-corrected chi connectivity index (χ4v) is 2.04. The molecular weight excluding hydrogens is 226 g/mol. The van der Waals surface area contributed by atoms with Crippen LogP contribution in [0.25, 0.3) is 0 Å². The van der Waals surface area contributed by atoms with Crippen molar-refractivity contribution >= 4 is 5.97 Å². The topological polar surface area (TPSA) is 29.5 Å². The Morgan fingerprint density at radius 3 is 2.22 bits per heavy atom. The van der Waals surface area contributed by atoms with Crippen LogP contribution in [-0.2, 0) is 9.53 Å². The molecule has 0 heterocycles. The van der Waals surface area contributed by atoms with E-state index in [0.717, 1.165) is 32.5 Å². The number of likely N-dealkylation sites (N-methyl/N-ethyl adjacent to an activating group) is 1. The maximum atomic E-state index is 11.6. The predicted molar refractivity (Wildman–Crippen MR) is 76.7 cm³/mol. The summed E-state index contributed by atoms with van der Waals surface area (Å²) in [7, 11) is 0. The Balaban J connectivity index is 3.60. The number of hydrogen-bond donors (Lipinski definition) is 0. The number of carbonyl (C=O) groups is 1. The van der Waals surface area contributed by atoms with Gasteiger partial charge in [-0.1, -0.05) is 46.5 Å². The average Bonchev–Trinajstić information content (AvgIpc) is 2.35. The summed E-state index contributed by atoms with van der Waals surface area (Å²) >= 11 is 0. The molecule has 1 unspecified atom stereocenters. The SMILES string of the molecule is CCCCCCCC(=O)OC(C)CN(CC)CC. The fraction of sp³-hybridized carbons (Fsp3) is 0.933. The third-order valence-corrected chi connectivity index (χ3v) is 3.23. The molecule has 0 spiro atoms. The van der Waals surface area contributed by atoms with Crippen LogP contribution in [0.15, 0.2) is 0 Å². The van der Waals surface area contributed by atoms with Crippen LogP contribution in [0, 0.1) is 0 Å². The van der Waals surface area contributed by atoms with E-state index in [1.807, 2.05) is 6.92 Å². The largest absolute Gasteiger partial charge is 0.461 e. The van der Waals surface area contributed by atoms with Gasteiger partial charge in [-0.05, 0) is 26.4 Å². The van der Waals surface area contributed by atoms with Crippen LogP contribution in [-0.4, -0.2) is 36.6 Å². The minimum atomic E-state index is -0.0360. The zero-order valence-corrected chi connectivity index (χ0v) is 12.7. The van der Waals surface area contributed by atoms with Gasteiger partial charge < -0.3 is 9.64 Å². The van der Waals surface area contributed by atoms with Gasteiger partial charge in [-0.25, -0.2) is 0 Å². The number of esters is 1. The van der Waals surface area contributed by atoms with E-state index in [4.69, 9.17) is 4.74 Å². The van der Waals surface area contributed by atoms with E-state index in [0.29, 0.717) is 6.42 Å². The minimum absolute atomic E-state index is 0.00745. The van der Waals surface area contributed by atoms with Gasteiger partial charge in [0.05, 0.1) is 0 Å². The summed E-state index contributed by atoms with van der Waals surface area (Å²) in [5.41, 5.74) is 0. The molecule has 18 heavy (non-hydrogen) atoms. The monoisotopic (exact) mass is 257 g/mol. The van der Waals surface area contributed by atoms with Crippen molar-refractivity contribution in [1.82, 2.24) is 4.90 Å². The first kappa shape index (κ1) is 17.4. The molecule has 0 rings (SSSR count). The molecule has 0 N–H and O–H groups in total. The van der Waals surface area contributed by atoms with Crippen molar-refractivity contribution < 1.29 is 9.53 Å². The number of unbranched alkanes of at least 4 members (excludes halogenated alkanes) is 4. The van der Waals surface area contributed by atoms with Crippen molar-refractivity contribution in [2.45, 2.75) is 72.3 Å². The molecular formula is C15H31NO2. The maximum absolute atomic E-state index is 11.6. The van der Waals surface area contributed by atoms with Crippen LogP contribution in [0.5, 0.6) is 0 Å². The lowest BCUT2D eigenvalue weighted by Gasteiger charge is -2.22. The quantitative estimate of drug-likeness (QED) is 0.418. The molecule has 0 aromatic carbocycles. The predicted octanol–water partition coefficient (Wildman–Crippen LogP) is 3.62. The van der Waals surface area contributed by atoms with E-state index in [1.165, 1.54) is 19.3 Å². The standard InChI is InChI=1S/C15H31NO2/c1-5-8-9-10-11-12-15(17)18-14(4)13-16(6-2)7-3/h14H,5-13H2,1-4H3. The van der Waals surface area contributed by atoms with Gasteiger partial charge in [-0.2, -0.15) is 0 Å². The molecule has 1 atom stereocenters. The zero-order chi connectivity index (χ0) is 13.8. The summed E-state index contributed by atoms with van der Waals surface area (Å²) in [6.45, 7) is 11.3. The molecule has 0 saturated heterocycles. The normalized spacial score (nSPS) is 12.7. The lowest BCUT2D eigenvalue weighted by Crippen LogP contribution is -2.33. The molecule has 0 aliphatic rings. The lowest BCUT2D eigenvalue weighted by molar-refractivity contribution is -0.149. The molecule has 0 aliphatic heterocycles. The molecule has 0 aliphatic carbocycles. The first-order valence-corrected chi connectivity index (χ1v) is 7.55. The molecule has 0 fully saturated rings. The van der Waals surface area contributed by atoms with E-state index < -0.39 is 0 Å². The molecule has 108 valence electrons. The van der Waals surface area contributed by atoms with E-state index in [-0.39, 0.29) is 12.1 Å². The van der Waals surface area contributed by atoms with Gasteiger partial charge in [0.2, 0.25) is 0 Å². The van der Waals surface area contributed by atoms with E-state index in [9.17, 15) is 4.79 Å². The third kappa shape index (κ3) is 9.46. The summed E-state index contributed by atoms with van der Waals surface area (Å²) in [5, 5.41) is 0. The third-order valence-electron chi connectivity index (χ3n) is 3.23. The maximum Gasteiger partial charge on any atom is 0.306 e. The molecule has 0 saturated carbocycles. The van der Waals surface area contributed by atoms with Crippen molar-refractivity contribution in [2.75, 3.05) is 19.6 Å². The van der Waals surface area contributed by atoms with Crippen LogP contribution in [0.1, 0.15) is 66.2 Å². The van der Waals surface area contributed by atoms with Crippen molar-refractivity contribution in [2.24, 2.45) is 0 Å². The van der Waals surface area contributed by atoms with Crippen LogP contribution >= 0.6 is 0 Å². The number of nitrogens with zero attached hydrogens (tertiary/aromatic N) is 1. The van der Waals surface area contributed by atoms with Gasteiger partial charge in [0.1, 0.15) is 6.10 Å². The lowest BCUT2D eigenvalue weighted by atomic mass is 10.1. The van der Waals surface area contributed by atoms with E-state index in [1.54, 1.807) is 0 Å². The van der Waals surface area contributed by atoms with Gasteiger partial charge in [0, 0.05) is 13.0 Å². The Kier molecular flexibility index (Phi) is 11.2. The van der Waals surface area contributed by atoms with Gasteiger partial charge >= 0.3 is 5.97 Å². The Morgan fingerprint density at radius 1 is 1.06 bits per heavy atom. The van der Waals surface area contributed by atoms with Gasteiger partial charge in [-0.15, -0.1) is 0 Å². The highest BCUT2D eigenvalue weighted by molar-refractivity contribution is 5.69. The van der Waals surface area contributed by atoms with Crippen molar-refractivity contribution in [3.63, 3.8) is 0 Å². The minimum Gasteiger partial charge on any atom is -0.461 e.